The molecule has 1 aliphatic carbocycles. The lowest BCUT2D eigenvalue weighted by atomic mass is 9.84. The maximum Gasteiger partial charge on any atom is 0.245 e. The molecule has 6 atom stereocenters. The second-order valence-electron chi connectivity index (χ2n) is 18.6. The molecule has 2 saturated heterocycles. The van der Waals surface area contributed by atoms with Gasteiger partial charge in [-0.2, -0.15) is 0 Å². The average molecular weight is 952 g/mol. The van der Waals surface area contributed by atoms with E-state index in [4.69, 9.17) is 11.5 Å². The summed E-state index contributed by atoms with van der Waals surface area (Å²) in [6, 6.07) is 10.1. The van der Waals surface area contributed by atoms with Gasteiger partial charge in [0.1, 0.15) is 42.0 Å². The molecule has 3 heterocycles. The van der Waals surface area contributed by atoms with Crippen molar-refractivity contribution in [3.8, 4) is 0 Å². The summed E-state index contributed by atoms with van der Waals surface area (Å²) in [5.41, 5.74) is 13.5. The third-order valence-electron chi connectivity index (χ3n) is 13.3. The van der Waals surface area contributed by atoms with Gasteiger partial charge in [0.2, 0.25) is 41.4 Å². The molecule has 7 amide bonds. The van der Waals surface area contributed by atoms with Crippen LogP contribution in [0.25, 0.3) is 10.9 Å². The molecule has 0 unspecified atom stereocenters. The number of hydrogen-bond acceptors (Lipinski definition) is 9. The zero-order valence-corrected chi connectivity index (χ0v) is 39.6. The van der Waals surface area contributed by atoms with Gasteiger partial charge in [-0.15, -0.1) is 0 Å². The molecule has 3 aliphatic rings. The van der Waals surface area contributed by atoms with Crippen LogP contribution < -0.4 is 43.4 Å². The molecular formula is C50H69N11O8. The van der Waals surface area contributed by atoms with Gasteiger partial charge in [-0.1, -0.05) is 80.6 Å². The maximum atomic E-state index is 14.7. The highest BCUT2D eigenvalue weighted by atomic mass is 16.2. The predicted molar refractivity (Wildman–Crippen MR) is 260 cm³/mol. The maximum absolute atomic E-state index is 14.7. The Morgan fingerprint density at radius 3 is 2.25 bits per heavy atom. The van der Waals surface area contributed by atoms with Crippen LogP contribution in [-0.2, 0) is 51.2 Å². The van der Waals surface area contributed by atoms with E-state index in [9.17, 15) is 38.4 Å². The molecule has 2 aliphatic heterocycles. The fourth-order valence-electron chi connectivity index (χ4n) is 9.59. The van der Waals surface area contributed by atoms with Crippen LogP contribution in [0.1, 0.15) is 108 Å². The van der Waals surface area contributed by atoms with E-state index in [1.807, 2.05) is 42.5 Å². The van der Waals surface area contributed by atoms with E-state index < -0.39 is 77.6 Å². The van der Waals surface area contributed by atoms with Gasteiger partial charge in [0, 0.05) is 62.4 Å². The number of Topliss-reactive ketones (excluding diaryl/α,β-unsaturated/α-hetero) is 1. The Balaban J connectivity index is 1.31. The standard InChI is InChI=1S/C50H69N11O8/c1-31(62)22-23-43(63)56-39(27-32-13-4-2-5-14-32)45(65)58-38-20-11-24-53-44(64)37(19-10-25-54-50(51)52)57-47(67)41(29-34-30-55-36-18-9-8-17-35(34)36)59-46(66)40(28-33-15-6-3-7-16-33)60-48(68)42-21-12-26-61(42)49(38)69/h2,4-5,8-9,13-14,17-18,30,33,37-42,55H,3,6-7,10-12,15-16,19-29H2,1H3,(H,53,64)(H,56,63)(H,57,67)(H,58,65)(H,59,66)(H,60,68)(H4,51,52,54)/t37-,38-,39-,40+,41-,42-/m0/s1. The van der Waals surface area contributed by atoms with Crippen molar-refractivity contribution < 1.29 is 38.4 Å². The van der Waals surface area contributed by atoms with Crippen LogP contribution in [-0.4, -0.2) is 119 Å². The fraction of sp³-hybridized carbons (Fsp3) is 0.540. The number of aliphatic imine (C=N–C) groups is 1. The molecule has 6 rings (SSSR count). The Morgan fingerprint density at radius 2 is 1.49 bits per heavy atom. The normalized spacial score (nSPS) is 22.7. The van der Waals surface area contributed by atoms with E-state index in [1.165, 1.54) is 11.8 Å². The van der Waals surface area contributed by atoms with Crippen LogP contribution in [0.4, 0.5) is 0 Å². The van der Waals surface area contributed by atoms with Gasteiger partial charge in [0.05, 0.1) is 0 Å². The Bertz CT molecular complexity index is 2310. The van der Waals surface area contributed by atoms with Crippen molar-refractivity contribution in [3.05, 3.63) is 71.9 Å². The van der Waals surface area contributed by atoms with Gasteiger partial charge in [0.15, 0.2) is 5.96 Å². The van der Waals surface area contributed by atoms with Crippen molar-refractivity contribution in [2.75, 3.05) is 19.6 Å². The van der Waals surface area contributed by atoms with E-state index in [2.05, 4.69) is 41.9 Å². The van der Waals surface area contributed by atoms with Gasteiger partial charge < -0.3 is 58.0 Å². The number of aromatic amines is 1. The van der Waals surface area contributed by atoms with Gasteiger partial charge >= 0.3 is 0 Å². The summed E-state index contributed by atoms with van der Waals surface area (Å²) in [6.07, 6.45) is 8.39. The number of rotatable bonds is 16. The van der Waals surface area contributed by atoms with Crippen molar-refractivity contribution in [2.24, 2.45) is 22.4 Å². The lowest BCUT2D eigenvalue weighted by molar-refractivity contribution is -0.143. The van der Waals surface area contributed by atoms with Gasteiger partial charge in [-0.05, 0) is 75.0 Å². The number of ketones is 1. The monoisotopic (exact) mass is 952 g/mol. The molecule has 69 heavy (non-hydrogen) atoms. The highest BCUT2D eigenvalue weighted by Gasteiger charge is 2.41. The molecule has 3 aromatic rings. The van der Waals surface area contributed by atoms with Gasteiger partial charge in [-0.25, -0.2) is 0 Å². The number of nitrogens with two attached hydrogens (primary N) is 2. The molecule has 2 aromatic carbocycles. The number of carbonyl (C=O) groups excluding carboxylic acids is 8. The second kappa shape index (κ2) is 25.5. The molecule has 0 bridgehead atoms. The first-order valence-corrected chi connectivity index (χ1v) is 24.5. The summed E-state index contributed by atoms with van der Waals surface area (Å²) < 4.78 is 0. The lowest BCUT2D eigenvalue weighted by Gasteiger charge is -2.32. The number of H-pyrrole nitrogens is 1. The summed E-state index contributed by atoms with van der Waals surface area (Å²) in [5.74, 6) is -4.06. The topological polar surface area (TPSA) is 292 Å². The number of hydrogen-bond donors (Lipinski definition) is 9. The van der Waals surface area contributed by atoms with Crippen molar-refractivity contribution in [2.45, 2.75) is 146 Å². The Hall–Kier alpha value is -6.79. The number of nitrogens with one attached hydrogen (secondary N) is 7. The van der Waals surface area contributed by atoms with E-state index in [-0.39, 0.29) is 82.2 Å². The number of aromatic nitrogens is 1. The van der Waals surface area contributed by atoms with Crippen LogP contribution in [0.15, 0.2) is 65.8 Å². The lowest BCUT2D eigenvalue weighted by Crippen LogP contribution is -2.60. The smallest absolute Gasteiger partial charge is 0.245 e. The van der Waals surface area contributed by atoms with Crippen LogP contribution in [0.3, 0.4) is 0 Å². The van der Waals surface area contributed by atoms with E-state index in [0.29, 0.717) is 25.7 Å². The summed E-state index contributed by atoms with van der Waals surface area (Å²) in [4.78, 5) is 120. The quantitative estimate of drug-likeness (QED) is 0.0569. The van der Waals surface area contributed by atoms with Crippen LogP contribution in [0.5, 0.6) is 0 Å². The summed E-state index contributed by atoms with van der Waals surface area (Å²) in [7, 11) is 0. The highest BCUT2D eigenvalue weighted by Crippen LogP contribution is 2.28. The van der Waals surface area contributed by atoms with Crippen molar-refractivity contribution >= 4 is 64.0 Å². The molecule has 1 saturated carbocycles. The molecule has 19 heteroatoms. The number of fused-ring (bicyclic) bond motifs is 2. The highest BCUT2D eigenvalue weighted by molar-refractivity contribution is 5.98. The predicted octanol–water partition coefficient (Wildman–Crippen LogP) is 1.67. The third-order valence-corrected chi connectivity index (χ3v) is 13.3. The Kier molecular flexibility index (Phi) is 19.1. The summed E-state index contributed by atoms with van der Waals surface area (Å²) in [5, 5.41) is 18.2. The molecule has 19 nitrogen and oxygen atoms in total. The number of amides is 7. The molecule has 11 N–H and O–H groups in total. The fourth-order valence-corrected chi connectivity index (χ4v) is 9.59. The van der Waals surface area contributed by atoms with E-state index in [1.54, 1.807) is 18.3 Å². The summed E-state index contributed by atoms with van der Waals surface area (Å²) in [6.45, 7) is 1.81. The molecule has 372 valence electrons. The number of carbonyl (C=O) groups is 8. The van der Waals surface area contributed by atoms with E-state index >= 15 is 0 Å². The minimum absolute atomic E-state index is 0.00762. The first-order valence-electron chi connectivity index (χ1n) is 24.5. The third kappa shape index (κ3) is 15.4. The van der Waals surface area contributed by atoms with Crippen molar-refractivity contribution in [1.29, 1.82) is 0 Å². The zero-order chi connectivity index (χ0) is 49.3. The SMILES string of the molecule is CC(=O)CCC(=O)N[C@@H](Cc1ccccc1)C(=O)N[C@H]1CCCNC(=O)[C@H](CCCN=C(N)N)NC(=O)[C@H](Cc2c[nH]c3ccccc23)NC(=O)[C@@H](CC2CCCCC2)NC(=O)[C@@H]2CCCN2C1=O. The first kappa shape index (κ1) is 51.6. The largest absolute Gasteiger partial charge is 0.370 e. The average Bonchev–Trinajstić information content (AvgIpc) is 4.00. The Morgan fingerprint density at radius 1 is 0.783 bits per heavy atom. The van der Waals surface area contributed by atoms with Gasteiger partial charge in [0.25, 0.3) is 0 Å². The summed E-state index contributed by atoms with van der Waals surface area (Å²) >= 11 is 0. The van der Waals surface area contributed by atoms with Crippen LogP contribution in [0.2, 0.25) is 0 Å². The van der Waals surface area contributed by atoms with Crippen molar-refractivity contribution in [1.82, 2.24) is 41.8 Å². The molecule has 3 fully saturated rings. The minimum Gasteiger partial charge on any atom is -0.370 e. The number of benzene rings is 2. The van der Waals surface area contributed by atoms with E-state index in [0.717, 1.165) is 54.1 Å². The number of para-hydroxylation sites is 1. The Labute approximate surface area is 402 Å². The number of nitrogens with zero attached hydrogens (tertiary/aromatic N) is 2. The van der Waals surface area contributed by atoms with Crippen LogP contribution in [0, 0.1) is 5.92 Å². The zero-order valence-electron chi connectivity index (χ0n) is 39.6. The second-order valence-corrected chi connectivity index (χ2v) is 18.6. The minimum atomic E-state index is -1.18. The van der Waals surface area contributed by atoms with Crippen molar-refractivity contribution in [3.63, 3.8) is 0 Å². The molecule has 1 aromatic heterocycles. The molecular weight excluding hydrogens is 883 g/mol. The first-order chi connectivity index (χ1) is 33.2. The van der Waals surface area contributed by atoms with Gasteiger partial charge in [-0.3, -0.25) is 38.6 Å². The van der Waals surface area contributed by atoms with Crippen LogP contribution >= 0.6 is 0 Å². The number of guanidine groups is 1. The molecule has 0 radical (unpaired) electrons. The molecule has 0 spiro atoms.